The predicted molar refractivity (Wildman–Crippen MR) is 88.7 cm³/mol. The monoisotopic (exact) mass is 295 g/mol. The number of aromatic nitrogens is 2. The molecule has 0 amide bonds. The maximum absolute atomic E-state index is 8.87. The summed E-state index contributed by atoms with van der Waals surface area (Å²) in [5.41, 5.74) is 3.84. The van der Waals surface area contributed by atoms with E-state index >= 15 is 0 Å². The topological polar surface area (TPSA) is 50.1 Å². The molecule has 0 saturated carbocycles. The fourth-order valence-corrected chi connectivity index (χ4v) is 2.74. The Morgan fingerprint density at radius 1 is 1.09 bits per heavy atom. The van der Waals surface area contributed by atoms with Gasteiger partial charge in [-0.2, -0.15) is 0 Å². The van der Waals surface area contributed by atoms with Crippen LogP contribution in [0, 0.1) is 0 Å². The molecule has 0 atom stereocenters. The van der Waals surface area contributed by atoms with Gasteiger partial charge in [0.15, 0.2) is 0 Å². The molecule has 4 nitrogen and oxygen atoms in total. The lowest BCUT2D eigenvalue weighted by atomic mass is 10.1. The normalized spacial score (nSPS) is 11.1. The Labute approximate surface area is 130 Å². The molecule has 22 heavy (non-hydrogen) atoms. The average molecular weight is 295 g/mol. The summed E-state index contributed by atoms with van der Waals surface area (Å²) in [6, 6.07) is 12.7. The van der Waals surface area contributed by atoms with Gasteiger partial charge < -0.3 is 15.0 Å². The number of aliphatic hydroxyl groups is 1. The van der Waals surface area contributed by atoms with Gasteiger partial charge in [0.05, 0.1) is 6.61 Å². The zero-order chi connectivity index (χ0) is 15.2. The van der Waals surface area contributed by atoms with Crippen LogP contribution < -0.4 is 5.32 Å². The van der Waals surface area contributed by atoms with Crippen LogP contribution in [0.4, 0.5) is 0 Å². The van der Waals surface area contributed by atoms with Gasteiger partial charge in [0, 0.05) is 49.1 Å². The molecular formula is C18H21N3O. The van der Waals surface area contributed by atoms with Gasteiger partial charge in [0.2, 0.25) is 0 Å². The van der Waals surface area contributed by atoms with Gasteiger partial charge in [0.25, 0.3) is 0 Å². The van der Waals surface area contributed by atoms with E-state index in [4.69, 9.17) is 5.11 Å². The van der Waals surface area contributed by atoms with Crippen LogP contribution in [0.15, 0.2) is 55.0 Å². The lowest BCUT2D eigenvalue weighted by Crippen LogP contribution is -2.17. The maximum Gasteiger partial charge on any atom is 0.0556 e. The van der Waals surface area contributed by atoms with Gasteiger partial charge in [-0.3, -0.25) is 4.98 Å². The Bertz CT molecular complexity index is 722. The Balaban J connectivity index is 1.75. The zero-order valence-electron chi connectivity index (χ0n) is 12.6. The highest BCUT2D eigenvalue weighted by atomic mass is 16.3. The van der Waals surface area contributed by atoms with E-state index in [1.54, 1.807) is 0 Å². The Hall–Kier alpha value is -2.17. The summed E-state index contributed by atoms with van der Waals surface area (Å²) in [4.78, 5) is 4.06. The summed E-state index contributed by atoms with van der Waals surface area (Å²) in [6.45, 7) is 2.54. The lowest BCUT2D eigenvalue weighted by Gasteiger charge is -2.08. The van der Waals surface area contributed by atoms with Gasteiger partial charge in [-0.1, -0.05) is 12.1 Å². The number of nitrogens with zero attached hydrogens (tertiary/aromatic N) is 2. The van der Waals surface area contributed by atoms with E-state index in [9.17, 15) is 0 Å². The van der Waals surface area contributed by atoms with Crippen molar-refractivity contribution in [3.05, 3.63) is 66.1 Å². The van der Waals surface area contributed by atoms with Crippen LogP contribution >= 0.6 is 0 Å². The van der Waals surface area contributed by atoms with Crippen molar-refractivity contribution < 1.29 is 5.11 Å². The standard InChI is InChI=1S/C18H21N3O/c22-13-10-20-14-16-2-1-3-18-17(16)7-12-21(18)11-6-15-4-8-19-9-5-15/h1-5,7-9,12,20,22H,6,10-11,13-14H2. The molecule has 3 aromatic rings. The Morgan fingerprint density at radius 3 is 2.77 bits per heavy atom. The summed E-state index contributed by atoms with van der Waals surface area (Å²) in [5, 5.41) is 13.4. The number of hydrogen-bond acceptors (Lipinski definition) is 3. The first-order chi connectivity index (χ1) is 10.9. The van der Waals surface area contributed by atoms with Gasteiger partial charge >= 0.3 is 0 Å². The largest absolute Gasteiger partial charge is 0.395 e. The van der Waals surface area contributed by atoms with Crippen LogP contribution in [-0.2, 0) is 19.5 Å². The summed E-state index contributed by atoms with van der Waals surface area (Å²) in [7, 11) is 0. The van der Waals surface area contributed by atoms with E-state index in [0.29, 0.717) is 6.54 Å². The molecule has 0 saturated heterocycles. The first-order valence-corrected chi connectivity index (χ1v) is 7.65. The van der Waals surface area contributed by atoms with Crippen LogP contribution in [0.5, 0.6) is 0 Å². The molecule has 0 bridgehead atoms. The highest BCUT2D eigenvalue weighted by Crippen LogP contribution is 2.20. The van der Waals surface area contributed by atoms with Crippen LogP contribution in [-0.4, -0.2) is 27.8 Å². The fourth-order valence-electron chi connectivity index (χ4n) is 2.74. The van der Waals surface area contributed by atoms with Crippen molar-refractivity contribution in [3.8, 4) is 0 Å². The molecule has 0 spiro atoms. The average Bonchev–Trinajstić information content (AvgIpc) is 2.98. The van der Waals surface area contributed by atoms with Crippen molar-refractivity contribution in [2.45, 2.75) is 19.5 Å². The molecule has 114 valence electrons. The highest BCUT2D eigenvalue weighted by Gasteiger charge is 2.05. The Kier molecular flexibility index (Phi) is 4.83. The summed E-state index contributed by atoms with van der Waals surface area (Å²) < 4.78 is 2.30. The zero-order valence-corrected chi connectivity index (χ0v) is 12.6. The molecule has 4 heteroatoms. The van der Waals surface area contributed by atoms with E-state index in [1.165, 1.54) is 22.0 Å². The smallest absolute Gasteiger partial charge is 0.0556 e. The number of aryl methyl sites for hydroxylation is 2. The third kappa shape index (κ3) is 3.35. The van der Waals surface area contributed by atoms with Gasteiger partial charge in [-0.15, -0.1) is 0 Å². The second kappa shape index (κ2) is 7.20. The third-order valence-electron chi connectivity index (χ3n) is 3.90. The number of hydrogen-bond donors (Lipinski definition) is 2. The van der Waals surface area contributed by atoms with E-state index in [0.717, 1.165) is 19.5 Å². The Morgan fingerprint density at radius 2 is 1.95 bits per heavy atom. The second-order valence-electron chi connectivity index (χ2n) is 5.36. The van der Waals surface area contributed by atoms with Crippen molar-refractivity contribution in [2.24, 2.45) is 0 Å². The van der Waals surface area contributed by atoms with Crippen LogP contribution in [0.3, 0.4) is 0 Å². The van der Waals surface area contributed by atoms with Crippen LogP contribution in [0.1, 0.15) is 11.1 Å². The number of pyridine rings is 1. The molecule has 3 rings (SSSR count). The van der Waals surface area contributed by atoms with Crippen molar-refractivity contribution in [3.63, 3.8) is 0 Å². The minimum atomic E-state index is 0.170. The number of aliphatic hydroxyl groups excluding tert-OH is 1. The predicted octanol–water partition coefficient (Wildman–Crippen LogP) is 2.36. The highest BCUT2D eigenvalue weighted by molar-refractivity contribution is 5.83. The molecular weight excluding hydrogens is 274 g/mol. The quantitative estimate of drug-likeness (QED) is 0.658. The lowest BCUT2D eigenvalue weighted by molar-refractivity contribution is 0.292. The van der Waals surface area contributed by atoms with Crippen molar-refractivity contribution in [1.82, 2.24) is 14.9 Å². The number of benzene rings is 1. The first-order valence-electron chi connectivity index (χ1n) is 7.65. The summed E-state index contributed by atoms with van der Waals surface area (Å²) >= 11 is 0. The fraction of sp³-hybridized carbons (Fsp3) is 0.278. The van der Waals surface area contributed by atoms with Crippen LogP contribution in [0.25, 0.3) is 10.9 Å². The second-order valence-corrected chi connectivity index (χ2v) is 5.36. The maximum atomic E-state index is 8.87. The molecule has 0 radical (unpaired) electrons. The van der Waals surface area contributed by atoms with Crippen molar-refractivity contribution >= 4 is 10.9 Å². The van der Waals surface area contributed by atoms with Gasteiger partial charge in [-0.25, -0.2) is 0 Å². The third-order valence-corrected chi connectivity index (χ3v) is 3.90. The molecule has 0 unspecified atom stereocenters. The van der Waals surface area contributed by atoms with E-state index in [-0.39, 0.29) is 6.61 Å². The molecule has 2 heterocycles. The first kappa shape index (κ1) is 14.8. The van der Waals surface area contributed by atoms with Crippen LogP contribution in [0.2, 0.25) is 0 Å². The number of fused-ring (bicyclic) bond motifs is 1. The van der Waals surface area contributed by atoms with Gasteiger partial charge in [-0.05, 0) is 41.8 Å². The summed E-state index contributed by atoms with van der Waals surface area (Å²) in [5.74, 6) is 0. The molecule has 2 N–H and O–H groups in total. The number of rotatable bonds is 7. The molecule has 2 aromatic heterocycles. The molecule has 1 aromatic carbocycles. The molecule has 0 fully saturated rings. The molecule has 0 aliphatic carbocycles. The van der Waals surface area contributed by atoms with Crippen molar-refractivity contribution in [1.29, 1.82) is 0 Å². The van der Waals surface area contributed by atoms with E-state index in [1.807, 2.05) is 12.4 Å². The van der Waals surface area contributed by atoms with Crippen molar-refractivity contribution in [2.75, 3.05) is 13.2 Å². The van der Waals surface area contributed by atoms with E-state index < -0.39 is 0 Å². The minimum absolute atomic E-state index is 0.170. The molecule has 0 aliphatic heterocycles. The number of nitrogens with one attached hydrogen (secondary N) is 1. The SMILES string of the molecule is OCCNCc1cccc2c1ccn2CCc1ccncc1. The molecule has 0 aliphatic rings. The van der Waals surface area contributed by atoms with E-state index in [2.05, 4.69) is 57.5 Å². The summed E-state index contributed by atoms with van der Waals surface area (Å²) in [6.07, 6.45) is 6.84. The van der Waals surface area contributed by atoms with Gasteiger partial charge in [0.1, 0.15) is 0 Å². The minimum Gasteiger partial charge on any atom is -0.395 e.